The fourth-order valence-electron chi connectivity index (χ4n) is 2.73. The number of carboxylic acid groups (broad SMARTS) is 1. The van der Waals surface area contributed by atoms with Crippen LogP contribution >= 0.6 is 15.9 Å². The molecule has 0 bridgehead atoms. The number of aliphatic carboxylic acids is 1. The van der Waals surface area contributed by atoms with Crippen molar-refractivity contribution < 1.29 is 14.7 Å². The van der Waals surface area contributed by atoms with Crippen LogP contribution in [0.25, 0.3) is 5.69 Å². The van der Waals surface area contributed by atoms with Gasteiger partial charge in [0.05, 0.1) is 29.4 Å². The van der Waals surface area contributed by atoms with Gasteiger partial charge >= 0.3 is 5.97 Å². The third-order valence-corrected chi connectivity index (χ3v) is 4.64. The van der Waals surface area contributed by atoms with Gasteiger partial charge in [-0.3, -0.25) is 9.59 Å². The predicted molar refractivity (Wildman–Crippen MR) is 87.6 cm³/mol. The first-order valence-corrected chi connectivity index (χ1v) is 8.12. The first-order chi connectivity index (χ1) is 11.0. The summed E-state index contributed by atoms with van der Waals surface area (Å²) in [5.74, 6) is -1.18. The van der Waals surface area contributed by atoms with E-state index in [4.69, 9.17) is 5.11 Å². The molecule has 3 rings (SSSR count). The summed E-state index contributed by atoms with van der Waals surface area (Å²) in [5, 5.41) is 16.1. The average Bonchev–Trinajstić information content (AvgIpc) is 2.95. The minimum atomic E-state index is -0.893. The highest BCUT2D eigenvalue weighted by molar-refractivity contribution is 9.10. The summed E-state index contributed by atoms with van der Waals surface area (Å²) in [7, 11) is 0. The summed E-state index contributed by atoms with van der Waals surface area (Å²) >= 11 is 3.37. The van der Waals surface area contributed by atoms with Crippen molar-refractivity contribution in [2.75, 3.05) is 0 Å². The summed E-state index contributed by atoms with van der Waals surface area (Å²) < 4.78 is 2.58. The number of nitrogens with one attached hydrogen (secondary N) is 1. The van der Waals surface area contributed by atoms with Gasteiger partial charge in [0.1, 0.15) is 0 Å². The van der Waals surface area contributed by atoms with Gasteiger partial charge in [0.15, 0.2) is 0 Å². The molecule has 120 valence electrons. The number of nitrogens with zero attached hydrogens (tertiary/aromatic N) is 2. The van der Waals surface area contributed by atoms with Gasteiger partial charge in [-0.2, -0.15) is 5.10 Å². The van der Waals surface area contributed by atoms with Crippen molar-refractivity contribution in [1.82, 2.24) is 15.1 Å². The average molecular weight is 378 g/mol. The standard InChI is InChI=1S/C16H16BrN3O3/c17-12-2-4-13(5-3-12)20-10-11(9-18-20)15(23)19-16(6-1-7-16)8-14(21)22/h2-5,9-10H,1,6-8H2,(H,19,23)(H,21,22). The van der Waals surface area contributed by atoms with Gasteiger partial charge in [0.25, 0.3) is 5.91 Å². The number of hydrogen-bond acceptors (Lipinski definition) is 3. The topological polar surface area (TPSA) is 84.2 Å². The van der Waals surface area contributed by atoms with Gasteiger partial charge in [-0.1, -0.05) is 15.9 Å². The number of amides is 1. The van der Waals surface area contributed by atoms with Gasteiger partial charge in [-0.05, 0) is 43.5 Å². The van der Waals surface area contributed by atoms with E-state index in [0.717, 1.165) is 16.6 Å². The Kier molecular flexibility index (Phi) is 4.21. The molecule has 0 aliphatic heterocycles. The number of carbonyl (C=O) groups is 2. The quantitative estimate of drug-likeness (QED) is 0.838. The van der Waals surface area contributed by atoms with Crippen LogP contribution in [0.1, 0.15) is 36.0 Å². The molecule has 1 aromatic carbocycles. The molecule has 0 radical (unpaired) electrons. The van der Waals surface area contributed by atoms with Crippen LogP contribution in [0.3, 0.4) is 0 Å². The maximum Gasteiger partial charge on any atom is 0.305 e. The number of benzene rings is 1. The first kappa shape index (κ1) is 15.7. The number of aromatic nitrogens is 2. The lowest BCUT2D eigenvalue weighted by Crippen LogP contribution is -2.54. The number of hydrogen-bond donors (Lipinski definition) is 2. The summed E-state index contributed by atoms with van der Waals surface area (Å²) in [4.78, 5) is 23.3. The molecule has 1 aliphatic carbocycles. The Balaban J connectivity index is 1.73. The zero-order chi connectivity index (χ0) is 16.4. The van der Waals surface area contributed by atoms with Crippen LogP contribution in [0.2, 0.25) is 0 Å². The largest absolute Gasteiger partial charge is 0.481 e. The molecule has 1 aliphatic rings. The van der Waals surface area contributed by atoms with E-state index in [9.17, 15) is 9.59 Å². The number of halogens is 1. The summed E-state index contributed by atoms with van der Waals surface area (Å²) in [6, 6.07) is 7.56. The molecule has 2 aromatic rings. The second-order valence-electron chi connectivity index (χ2n) is 5.81. The number of carbonyl (C=O) groups excluding carboxylic acids is 1. The molecular weight excluding hydrogens is 362 g/mol. The third-order valence-electron chi connectivity index (χ3n) is 4.11. The summed E-state index contributed by atoms with van der Waals surface area (Å²) in [6.45, 7) is 0. The summed E-state index contributed by atoms with van der Waals surface area (Å²) in [6.07, 6.45) is 5.43. The third kappa shape index (κ3) is 3.44. The zero-order valence-corrected chi connectivity index (χ0v) is 13.9. The van der Waals surface area contributed by atoms with E-state index in [1.54, 1.807) is 10.9 Å². The SMILES string of the molecule is O=C(O)CC1(NC(=O)c2cnn(-c3ccc(Br)cc3)c2)CCC1. The van der Waals surface area contributed by atoms with Crippen LogP contribution in [0.5, 0.6) is 0 Å². The highest BCUT2D eigenvalue weighted by atomic mass is 79.9. The predicted octanol–water partition coefficient (Wildman–Crippen LogP) is 2.76. The molecule has 1 fully saturated rings. The number of carboxylic acids is 1. The molecule has 6 nitrogen and oxygen atoms in total. The van der Waals surface area contributed by atoms with E-state index in [2.05, 4.69) is 26.3 Å². The lowest BCUT2D eigenvalue weighted by atomic mass is 9.74. The normalized spacial score (nSPS) is 15.7. The van der Waals surface area contributed by atoms with Crippen molar-refractivity contribution in [3.63, 3.8) is 0 Å². The zero-order valence-electron chi connectivity index (χ0n) is 12.3. The van der Waals surface area contributed by atoms with E-state index in [1.165, 1.54) is 6.20 Å². The summed E-state index contributed by atoms with van der Waals surface area (Å²) in [5.41, 5.74) is 0.656. The number of rotatable bonds is 5. The smallest absolute Gasteiger partial charge is 0.305 e. The Morgan fingerprint density at radius 3 is 2.57 bits per heavy atom. The van der Waals surface area contributed by atoms with Crippen LogP contribution < -0.4 is 5.32 Å². The molecule has 1 saturated carbocycles. The Bertz CT molecular complexity index is 735. The van der Waals surface area contributed by atoms with Crippen LogP contribution in [0.15, 0.2) is 41.1 Å². The maximum absolute atomic E-state index is 12.4. The van der Waals surface area contributed by atoms with E-state index < -0.39 is 11.5 Å². The molecular formula is C16H16BrN3O3. The molecule has 7 heteroatoms. The van der Waals surface area contributed by atoms with Crippen molar-refractivity contribution in [3.8, 4) is 5.69 Å². The molecule has 1 aromatic heterocycles. The van der Waals surface area contributed by atoms with Crippen molar-refractivity contribution in [2.24, 2.45) is 0 Å². The molecule has 1 amide bonds. The van der Waals surface area contributed by atoms with Gasteiger partial charge in [-0.15, -0.1) is 0 Å². The van der Waals surface area contributed by atoms with E-state index in [1.807, 2.05) is 24.3 Å². The molecule has 2 N–H and O–H groups in total. The lowest BCUT2D eigenvalue weighted by molar-refractivity contribution is -0.139. The fourth-order valence-corrected chi connectivity index (χ4v) is 2.99. The van der Waals surface area contributed by atoms with Crippen molar-refractivity contribution in [1.29, 1.82) is 0 Å². The van der Waals surface area contributed by atoms with Crippen LogP contribution in [-0.4, -0.2) is 32.3 Å². The monoisotopic (exact) mass is 377 g/mol. The van der Waals surface area contributed by atoms with Gasteiger partial charge in [-0.25, -0.2) is 4.68 Å². The Labute approximate surface area is 141 Å². The van der Waals surface area contributed by atoms with Gasteiger partial charge in [0.2, 0.25) is 0 Å². The minimum Gasteiger partial charge on any atom is -0.481 e. The molecule has 0 atom stereocenters. The van der Waals surface area contributed by atoms with E-state index >= 15 is 0 Å². The highest BCUT2D eigenvalue weighted by Gasteiger charge is 2.40. The van der Waals surface area contributed by atoms with Crippen molar-refractivity contribution >= 4 is 27.8 Å². The first-order valence-electron chi connectivity index (χ1n) is 7.32. The Morgan fingerprint density at radius 1 is 1.30 bits per heavy atom. The van der Waals surface area contributed by atoms with Crippen LogP contribution in [-0.2, 0) is 4.79 Å². The highest BCUT2D eigenvalue weighted by Crippen LogP contribution is 2.35. The molecule has 1 heterocycles. The Hall–Kier alpha value is -2.15. The second kappa shape index (κ2) is 6.16. The van der Waals surface area contributed by atoms with Gasteiger partial charge in [0, 0.05) is 10.7 Å². The van der Waals surface area contributed by atoms with E-state index in [0.29, 0.717) is 18.4 Å². The Morgan fingerprint density at radius 2 is 2.00 bits per heavy atom. The van der Waals surface area contributed by atoms with Crippen molar-refractivity contribution in [2.45, 2.75) is 31.2 Å². The van der Waals surface area contributed by atoms with Crippen molar-refractivity contribution in [3.05, 3.63) is 46.7 Å². The fraction of sp³-hybridized carbons (Fsp3) is 0.312. The minimum absolute atomic E-state index is 0.0421. The molecule has 23 heavy (non-hydrogen) atoms. The van der Waals surface area contributed by atoms with Crippen LogP contribution in [0.4, 0.5) is 0 Å². The van der Waals surface area contributed by atoms with E-state index in [-0.39, 0.29) is 12.3 Å². The molecule has 0 unspecified atom stereocenters. The lowest BCUT2D eigenvalue weighted by Gasteiger charge is -2.41. The molecule has 0 spiro atoms. The van der Waals surface area contributed by atoms with Crippen LogP contribution in [0, 0.1) is 0 Å². The second-order valence-corrected chi connectivity index (χ2v) is 6.72. The molecule has 0 saturated heterocycles. The van der Waals surface area contributed by atoms with Gasteiger partial charge < -0.3 is 10.4 Å². The maximum atomic E-state index is 12.4.